The molecule has 3 atom stereocenters. The van der Waals surface area contributed by atoms with E-state index in [2.05, 4.69) is 38.7 Å². The molecule has 174 valence electrons. The second-order valence-corrected chi connectivity index (χ2v) is 19.8. The van der Waals surface area contributed by atoms with E-state index < -0.39 is 41.1 Å². The van der Waals surface area contributed by atoms with Gasteiger partial charge in [-0.3, -0.25) is 0 Å². The van der Waals surface area contributed by atoms with Gasteiger partial charge in [0.05, 0.1) is 0 Å². The van der Waals surface area contributed by atoms with Crippen LogP contribution in [0.15, 0.2) is 0 Å². The van der Waals surface area contributed by atoms with Gasteiger partial charge in [0.15, 0.2) is 0 Å². The van der Waals surface area contributed by atoms with Gasteiger partial charge in [-0.2, -0.15) is 0 Å². The Hall–Kier alpha value is 0.420. The van der Waals surface area contributed by atoms with Crippen molar-refractivity contribution in [2.45, 2.75) is 88.5 Å². The molecule has 0 spiro atoms. The number of thiol groups is 1. The summed E-state index contributed by atoms with van der Waals surface area (Å²) in [4.78, 5) is 12.4. The van der Waals surface area contributed by atoms with Gasteiger partial charge < -0.3 is 0 Å². The Kier molecular flexibility index (Phi) is 9.00. The molecular formula is C20H41IN2O4S2. The first-order valence-electron chi connectivity index (χ1n) is 10.1. The predicted molar refractivity (Wildman–Crippen MR) is 133 cm³/mol. The summed E-state index contributed by atoms with van der Waals surface area (Å²) in [5.74, 6) is 0.123. The van der Waals surface area contributed by atoms with E-state index in [0.717, 1.165) is 0 Å². The molecule has 29 heavy (non-hydrogen) atoms. The summed E-state index contributed by atoms with van der Waals surface area (Å²) in [6.45, 7) is 16.2. The molecule has 1 amide bonds. The Morgan fingerprint density at radius 3 is 2.28 bits per heavy atom. The molecule has 0 bridgehead atoms. The number of hydrogen-bond donors (Lipinski definition) is 2. The van der Waals surface area contributed by atoms with Gasteiger partial charge in [-0.15, -0.1) is 0 Å². The molecule has 1 saturated heterocycles. The van der Waals surface area contributed by atoms with Crippen LogP contribution in [0.5, 0.6) is 0 Å². The van der Waals surface area contributed by atoms with Crippen LogP contribution in [0.3, 0.4) is 0 Å². The van der Waals surface area contributed by atoms with Crippen molar-refractivity contribution in [1.29, 1.82) is 0 Å². The van der Waals surface area contributed by atoms with Crippen LogP contribution in [0.4, 0.5) is 0 Å². The third-order valence-corrected chi connectivity index (χ3v) is 17.4. The molecule has 0 saturated carbocycles. The second kappa shape index (κ2) is 9.50. The fourth-order valence-corrected chi connectivity index (χ4v) is 16.6. The molecule has 0 aromatic heterocycles. The van der Waals surface area contributed by atoms with Crippen LogP contribution in [-0.2, 0) is 19.6 Å². The molecule has 9 heteroatoms. The van der Waals surface area contributed by atoms with E-state index in [0.29, 0.717) is 17.5 Å². The zero-order valence-corrected chi connectivity index (χ0v) is 23.5. The number of ether oxygens (including phenoxy) is 1. The second-order valence-electron chi connectivity index (χ2n) is 10.1. The first-order chi connectivity index (χ1) is 12.9. The average Bonchev–Trinajstić information content (AvgIpc) is 2.51. The molecule has 3 unspecified atom stereocenters. The standard InChI is InChI=1S/C20H41IN2O4S2/c1-14-16(15(2)28)11-20(7,8)23(29(10,25)26)21(13-27-14)19(5,6)12-18(3,4)17(24)22-9/h14-16,28H,11-13H2,1-10H3,(H,22,24). The summed E-state index contributed by atoms with van der Waals surface area (Å²) in [7, 11) is -1.82. The molecule has 1 fully saturated rings. The van der Waals surface area contributed by atoms with Crippen LogP contribution in [0.1, 0.15) is 68.2 Å². The zero-order valence-electron chi connectivity index (χ0n) is 19.7. The van der Waals surface area contributed by atoms with Crippen molar-refractivity contribution in [1.82, 2.24) is 7.84 Å². The van der Waals surface area contributed by atoms with Gasteiger partial charge in [-0.05, 0) is 0 Å². The van der Waals surface area contributed by atoms with Crippen molar-refractivity contribution < 1.29 is 17.9 Å². The molecule has 6 nitrogen and oxygen atoms in total. The SMILES string of the molecule is CNC(=O)C(C)(C)CC(C)(C)I1COC(C)C(C(C)S)CC(C)(C)N1S(C)(=O)=O. The normalized spacial score (nSPS) is 27.1. The number of nitrogens with one attached hydrogen (secondary N) is 1. The molecule has 0 aliphatic carbocycles. The maximum atomic E-state index is 13.0. The molecule has 1 aliphatic rings. The molecule has 0 aromatic rings. The molecule has 0 radical (unpaired) electrons. The monoisotopic (exact) mass is 564 g/mol. The van der Waals surface area contributed by atoms with E-state index in [1.807, 2.05) is 34.6 Å². The van der Waals surface area contributed by atoms with Crippen molar-refractivity contribution >= 4 is 48.7 Å². The number of halogens is 1. The summed E-state index contributed by atoms with van der Waals surface area (Å²) in [6, 6.07) is 0. The quantitative estimate of drug-likeness (QED) is 0.221. The van der Waals surface area contributed by atoms with Gasteiger partial charge >= 0.3 is 192 Å². The van der Waals surface area contributed by atoms with Crippen molar-refractivity contribution in [2.24, 2.45) is 11.3 Å². The first-order valence-corrected chi connectivity index (χ1v) is 16.0. The predicted octanol–water partition coefficient (Wildman–Crippen LogP) is 4.09. The number of carbonyl (C=O) groups is 1. The average molecular weight is 565 g/mol. The number of amides is 1. The Bertz CT molecular complexity index is 693. The number of sulfonamides is 1. The molecule has 1 N–H and O–H groups in total. The van der Waals surface area contributed by atoms with Crippen molar-refractivity contribution in [3.05, 3.63) is 0 Å². The molecule has 1 heterocycles. The Morgan fingerprint density at radius 1 is 1.34 bits per heavy atom. The summed E-state index contributed by atoms with van der Waals surface area (Å²) in [6.07, 6.45) is 2.60. The summed E-state index contributed by atoms with van der Waals surface area (Å²) in [5, 5.41) is 2.85. The molecule has 1 rings (SSSR count). The number of hydrogen-bond acceptors (Lipinski definition) is 5. The van der Waals surface area contributed by atoms with Gasteiger partial charge in [-0.1, -0.05) is 0 Å². The maximum absolute atomic E-state index is 13.0. The van der Waals surface area contributed by atoms with Crippen LogP contribution in [0, 0.1) is 11.3 Å². The van der Waals surface area contributed by atoms with E-state index in [9.17, 15) is 13.2 Å². The Balaban J connectivity index is 3.47. The van der Waals surface area contributed by atoms with Crippen LogP contribution in [0.25, 0.3) is 0 Å². The number of nitrogens with zero attached hydrogens (tertiary/aromatic N) is 1. The van der Waals surface area contributed by atoms with Crippen molar-refractivity contribution in [3.8, 4) is 0 Å². The third-order valence-electron chi connectivity index (χ3n) is 5.63. The summed E-state index contributed by atoms with van der Waals surface area (Å²) < 4.78 is 34.3. The summed E-state index contributed by atoms with van der Waals surface area (Å²) >= 11 is 2.22. The van der Waals surface area contributed by atoms with Crippen LogP contribution < -0.4 is 5.32 Å². The minimum atomic E-state index is -3.46. The fraction of sp³-hybridized carbons (Fsp3) is 0.950. The number of carbonyl (C=O) groups excluding carboxylic acids is 1. The van der Waals surface area contributed by atoms with Crippen molar-refractivity contribution in [2.75, 3.05) is 17.9 Å². The van der Waals surface area contributed by atoms with E-state index in [1.54, 1.807) is 9.57 Å². The van der Waals surface area contributed by atoms with Gasteiger partial charge in [0.25, 0.3) is 0 Å². The zero-order chi connectivity index (χ0) is 23.0. The fourth-order valence-electron chi connectivity index (χ4n) is 4.48. The van der Waals surface area contributed by atoms with Gasteiger partial charge in [0, 0.05) is 0 Å². The number of alkyl halides is 2. The summed E-state index contributed by atoms with van der Waals surface area (Å²) in [5.41, 5.74) is -1.13. The molecule has 1 aliphatic heterocycles. The van der Waals surface area contributed by atoms with Gasteiger partial charge in [0.2, 0.25) is 0 Å². The van der Waals surface area contributed by atoms with Crippen LogP contribution in [0.2, 0.25) is 0 Å². The molecular weight excluding hydrogens is 523 g/mol. The third kappa shape index (κ3) is 6.70. The molecule has 0 aromatic carbocycles. The van der Waals surface area contributed by atoms with Crippen LogP contribution >= 0.6 is 32.7 Å². The first kappa shape index (κ1) is 27.5. The van der Waals surface area contributed by atoms with E-state index >= 15 is 0 Å². The Morgan fingerprint density at radius 2 is 1.86 bits per heavy atom. The van der Waals surface area contributed by atoms with Crippen LogP contribution in [-0.4, -0.2) is 55.1 Å². The minimum absolute atomic E-state index is 0.00559. The van der Waals surface area contributed by atoms with E-state index in [-0.39, 0.29) is 26.6 Å². The Labute approximate surface area is 191 Å². The number of rotatable bonds is 6. The van der Waals surface area contributed by atoms with Gasteiger partial charge in [-0.25, -0.2) is 0 Å². The van der Waals surface area contributed by atoms with Gasteiger partial charge in [0.1, 0.15) is 0 Å². The van der Waals surface area contributed by atoms with Crippen molar-refractivity contribution in [3.63, 3.8) is 0 Å². The topological polar surface area (TPSA) is 75.7 Å². The van der Waals surface area contributed by atoms with E-state index in [4.69, 9.17) is 4.74 Å². The van der Waals surface area contributed by atoms with E-state index in [1.165, 1.54) is 6.26 Å².